The fourth-order valence-corrected chi connectivity index (χ4v) is 5.92. The topological polar surface area (TPSA) is 43.4 Å². The number of ether oxygens (including phenoxy) is 1. The van der Waals surface area contributed by atoms with Crippen molar-refractivity contribution in [3.8, 4) is 0 Å². The molecule has 0 fully saturated rings. The number of carbonyl (C=O) groups is 2. The zero-order chi connectivity index (χ0) is 19.1. The summed E-state index contributed by atoms with van der Waals surface area (Å²) in [7, 11) is 0.364. The van der Waals surface area contributed by atoms with Gasteiger partial charge in [0.2, 0.25) is 5.78 Å². The Kier molecular flexibility index (Phi) is 6.51. The van der Waals surface area contributed by atoms with Crippen LogP contribution in [0.5, 0.6) is 0 Å². The maximum absolute atomic E-state index is 12.5. The molecule has 3 nitrogen and oxygen atoms in total. The summed E-state index contributed by atoms with van der Waals surface area (Å²) in [6, 6.07) is 30.3. The molecule has 0 N–H and O–H groups in total. The number of hydrogen-bond donors (Lipinski definition) is 0. The third kappa shape index (κ3) is 4.69. The van der Waals surface area contributed by atoms with Crippen molar-refractivity contribution in [1.82, 2.24) is 0 Å². The van der Waals surface area contributed by atoms with Crippen molar-refractivity contribution in [1.29, 1.82) is 0 Å². The zero-order valence-corrected chi connectivity index (χ0v) is 16.0. The molecule has 3 rings (SSSR count). The van der Waals surface area contributed by atoms with Gasteiger partial charge >= 0.3 is 5.97 Å². The number of carbonyl (C=O) groups excluding carboxylic acids is 2. The molecule has 0 heterocycles. The van der Waals surface area contributed by atoms with Crippen LogP contribution in [0.3, 0.4) is 0 Å². The van der Waals surface area contributed by atoms with Crippen molar-refractivity contribution in [3.63, 3.8) is 0 Å². The Morgan fingerprint density at radius 3 is 1.67 bits per heavy atom. The lowest BCUT2D eigenvalue weighted by molar-refractivity contribution is -0.151. The molecule has 0 saturated carbocycles. The van der Waals surface area contributed by atoms with Gasteiger partial charge in [-0.25, -0.2) is 4.79 Å². The third-order valence-electron chi connectivity index (χ3n) is 4.36. The Bertz CT molecular complexity index is 840. The summed E-state index contributed by atoms with van der Waals surface area (Å²) in [5.41, 5.74) is 0.936. The van der Waals surface area contributed by atoms with E-state index in [1.54, 1.807) is 0 Å². The number of rotatable bonds is 7. The summed E-state index contributed by atoms with van der Waals surface area (Å²) in [6.07, 6.45) is 0.117. The first-order valence-corrected chi connectivity index (χ1v) is 10.2. The van der Waals surface area contributed by atoms with Crippen LogP contribution in [0.1, 0.15) is 17.6 Å². The first-order valence-electron chi connectivity index (χ1n) is 8.76. The minimum atomic E-state index is -0.881. The van der Waals surface area contributed by atoms with Gasteiger partial charge in [0, 0.05) is 12.1 Å². The number of methoxy groups -OCH3 is 1. The molecule has 0 amide bonds. The van der Waals surface area contributed by atoms with Crippen LogP contribution in [0.25, 0.3) is 0 Å². The van der Waals surface area contributed by atoms with Crippen molar-refractivity contribution >= 4 is 30.3 Å². The van der Waals surface area contributed by atoms with Crippen molar-refractivity contribution in [2.24, 2.45) is 0 Å². The Balaban J connectivity index is 2.10. The lowest BCUT2D eigenvalue weighted by Gasteiger charge is -2.28. The highest BCUT2D eigenvalue weighted by Gasteiger charge is 2.30. The van der Waals surface area contributed by atoms with Crippen LogP contribution in [0.15, 0.2) is 91.0 Å². The molecular weight excluding hydrogens is 355 g/mol. The number of Topliss-reactive ketones (excluding diaryl/α,β-unsaturated/α-hetero) is 1. The minimum Gasteiger partial charge on any atom is -0.463 e. The monoisotopic (exact) mass is 376 g/mol. The predicted molar refractivity (Wildman–Crippen MR) is 110 cm³/mol. The van der Waals surface area contributed by atoms with Crippen LogP contribution in [0.2, 0.25) is 0 Å². The van der Waals surface area contributed by atoms with E-state index in [1.165, 1.54) is 17.7 Å². The van der Waals surface area contributed by atoms with Gasteiger partial charge in [0.25, 0.3) is 0 Å². The molecule has 3 aromatic carbocycles. The highest BCUT2D eigenvalue weighted by atomic mass is 31.1. The molecule has 0 aliphatic rings. The fraction of sp³-hybridized carbons (Fsp3) is 0.130. The zero-order valence-electron chi connectivity index (χ0n) is 15.1. The van der Waals surface area contributed by atoms with Crippen LogP contribution in [0.4, 0.5) is 0 Å². The first kappa shape index (κ1) is 19.0. The van der Waals surface area contributed by atoms with Crippen molar-refractivity contribution in [2.45, 2.75) is 12.1 Å². The van der Waals surface area contributed by atoms with Gasteiger partial charge in [-0.05, 0) is 24.1 Å². The van der Waals surface area contributed by atoms with Crippen LogP contribution in [0, 0.1) is 0 Å². The normalized spacial score (nSPS) is 11.8. The summed E-state index contributed by atoms with van der Waals surface area (Å²) >= 11 is 0. The summed E-state index contributed by atoms with van der Waals surface area (Å²) in [4.78, 5) is 24.3. The Hall–Kier alpha value is -2.77. The Labute approximate surface area is 160 Å². The fourth-order valence-electron chi connectivity index (χ4n) is 3.09. The average Bonchev–Trinajstić information content (AvgIpc) is 2.74. The highest BCUT2D eigenvalue weighted by molar-refractivity contribution is 7.73. The van der Waals surface area contributed by atoms with E-state index in [-0.39, 0.29) is 12.1 Å². The molecule has 0 aliphatic carbocycles. The quantitative estimate of drug-likeness (QED) is 0.356. The molecule has 0 aromatic heterocycles. The second-order valence-electron chi connectivity index (χ2n) is 6.09. The Morgan fingerprint density at radius 1 is 0.778 bits per heavy atom. The molecule has 0 aliphatic heterocycles. The molecule has 27 heavy (non-hydrogen) atoms. The van der Waals surface area contributed by atoms with E-state index in [1.807, 2.05) is 66.7 Å². The van der Waals surface area contributed by atoms with Crippen LogP contribution < -0.4 is 10.6 Å². The lowest BCUT2D eigenvalue weighted by Crippen LogP contribution is -2.23. The molecule has 136 valence electrons. The van der Waals surface area contributed by atoms with Crippen molar-refractivity contribution < 1.29 is 14.3 Å². The van der Waals surface area contributed by atoms with E-state index in [4.69, 9.17) is 0 Å². The first-order chi connectivity index (χ1) is 13.2. The van der Waals surface area contributed by atoms with Gasteiger partial charge in [-0.2, -0.15) is 0 Å². The molecule has 0 saturated heterocycles. The molecule has 1 atom stereocenters. The average molecular weight is 376 g/mol. The van der Waals surface area contributed by atoms with E-state index in [0.29, 0.717) is 0 Å². The maximum Gasteiger partial charge on any atom is 0.374 e. The van der Waals surface area contributed by atoms with Gasteiger partial charge in [0.05, 0.1) is 7.11 Å². The molecule has 4 heteroatoms. The molecule has 0 unspecified atom stereocenters. The van der Waals surface area contributed by atoms with Crippen LogP contribution in [-0.4, -0.2) is 18.9 Å². The third-order valence-corrected chi connectivity index (χ3v) is 7.17. The van der Waals surface area contributed by atoms with E-state index >= 15 is 0 Å². The van der Waals surface area contributed by atoms with Crippen LogP contribution >= 0.6 is 7.92 Å². The second kappa shape index (κ2) is 9.25. The number of hydrogen-bond acceptors (Lipinski definition) is 3. The summed E-state index contributed by atoms with van der Waals surface area (Å²) in [6.45, 7) is 0. The molecule has 0 spiro atoms. The smallest absolute Gasteiger partial charge is 0.374 e. The largest absolute Gasteiger partial charge is 0.463 e. The number of benzene rings is 3. The van der Waals surface area contributed by atoms with E-state index in [2.05, 4.69) is 29.0 Å². The van der Waals surface area contributed by atoms with Gasteiger partial charge in [0.1, 0.15) is 0 Å². The van der Waals surface area contributed by atoms with Crippen LogP contribution in [-0.2, 0) is 14.3 Å². The standard InChI is InChI=1S/C23H21O3P/c1-26-23(25)21(24)17-22(18-11-5-2-6-12-18)27(19-13-7-3-8-14-19)20-15-9-4-10-16-20/h2-16,22H,17H2,1H3/t22-/m0/s1. The maximum atomic E-state index is 12.5. The van der Waals surface area contributed by atoms with Gasteiger partial charge in [-0.15, -0.1) is 0 Å². The SMILES string of the molecule is COC(=O)C(=O)C[C@@H](c1ccccc1)P(c1ccccc1)c1ccccc1. The van der Waals surface area contributed by atoms with Crippen molar-refractivity contribution in [2.75, 3.05) is 7.11 Å². The summed E-state index contributed by atoms with van der Waals surface area (Å²) < 4.78 is 4.66. The second-order valence-corrected chi connectivity index (χ2v) is 8.48. The summed E-state index contributed by atoms with van der Waals surface area (Å²) in [5.74, 6) is -1.28. The molecular formula is C23H21O3P. The van der Waals surface area contributed by atoms with Gasteiger partial charge in [0.15, 0.2) is 0 Å². The molecule has 0 radical (unpaired) electrons. The van der Waals surface area contributed by atoms with Crippen molar-refractivity contribution in [3.05, 3.63) is 96.6 Å². The number of ketones is 1. The summed E-state index contributed by atoms with van der Waals surface area (Å²) in [5, 5.41) is 2.34. The van der Waals surface area contributed by atoms with E-state index in [9.17, 15) is 9.59 Å². The van der Waals surface area contributed by atoms with E-state index < -0.39 is 19.7 Å². The Morgan fingerprint density at radius 2 is 1.22 bits per heavy atom. The lowest BCUT2D eigenvalue weighted by atomic mass is 10.1. The van der Waals surface area contributed by atoms with E-state index in [0.717, 1.165) is 5.56 Å². The molecule has 0 bridgehead atoms. The van der Waals surface area contributed by atoms with Gasteiger partial charge in [-0.1, -0.05) is 91.0 Å². The number of esters is 1. The highest BCUT2D eigenvalue weighted by Crippen LogP contribution is 2.51. The van der Waals surface area contributed by atoms with Gasteiger partial charge in [-0.3, -0.25) is 4.79 Å². The predicted octanol–water partition coefficient (Wildman–Crippen LogP) is 3.99. The van der Waals surface area contributed by atoms with Gasteiger partial charge < -0.3 is 4.74 Å². The minimum absolute atomic E-state index is 0.113. The molecule has 3 aromatic rings.